The number of fused-ring (bicyclic) bond motifs is 34. The fraction of sp³-hybridized carbons (Fsp3) is 0.0382. The van der Waals surface area contributed by atoms with Crippen LogP contribution in [0.4, 0.5) is 34.1 Å². The van der Waals surface area contributed by atoms with Crippen LogP contribution in [0.3, 0.4) is 0 Å². The minimum atomic E-state index is -1.74. The van der Waals surface area contributed by atoms with E-state index in [1.807, 2.05) is 121 Å². The summed E-state index contributed by atoms with van der Waals surface area (Å²) < 4.78 is 29.3. The first kappa shape index (κ1) is 87.7. The topological polar surface area (TPSA) is 161 Å². The monoisotopic (exact) mass is 1960 g/mol. The molecule has 16 heteroatoms. The molecule has 8 heterocycles. The minimum Gasteiger partial charge on any atom is -0.457 e. The molecule has 0 atom stereocenters. The largest absolute Gasteiger partial charge is 0.528 e. The molecule has 8 aliphatic rings. The number of benzene rings is 20. The molecule has 696 valence electrons. The van der Waals surface area contributed by atoms with Gasteiger partial charge < -0.3 is 38.8 Å². The van der Waals surface area contributed by atoms with Crippen molar-refractivity contribution in [2.45, 2.75) is 29.1 Å². The molecular formula is C131H86BBrN8O6. The zero-order chi connectivity index (χ0) is 96.9. The average molecular weight is 1960 g/mol. The summed E-state index contributed by atoms with van der Waals surface area (Å²) in [5.41, 5.74) is 30.9. The Kier molecular flexibility index (Phi) is 20.8. The highest BCUT2D eigenvalue weighted by Gasteiger charge is 2.58. The lowest BCUT2D eigenvalue weighted by Gasteiger charge is -2.49. The number of nitrogens with zero attached hydrogens (tertiary/aromatic N) is 8. The standard InChI is InChI=1S/C65H40N4O2.C50H30BrNO2.C15H12BN3O2.CH4/c1-3-21-41(22-4-1)61-66-62(42-23-5-2-6-24-42)68-63(67-61)45-27-19-34-52-59(45)71-60-53(64(52)46-28-9-7-25-43(46)44-26-8-10-29-47(44)64)35-20-38-56(60)69-54-36-15-11-30-48(54)65(49-31-12-16-37-55(49)69)50-32-13-17-39-57(50)70-58-40-18-14-33-51(58)65;51-41-25-13-23-39-47(41)54-48-40(49(39)33-17-3-1-15-31(33)32-16-2-4-18-34(32)49)24-14-28-44(48)52-42-26-9-5-19-35(42)50(36-20-6-10-27-43(36)52)37-21-7-11-29-45(37)53-46-30-12-8-22-38(46)50;20-16(21)15-18-13(11-7-3-1-4-8-11)17-14(19-15)12-9-5-2-6-10-12;/h1-40H;1-30H;1-10,20-21H;1H4. The first-order valence-electron chi connectivity index (χ1n) is 48.9. The first-order chi connectivity index (χ1) is 72.2. The van der Waals surface area contributed by atoms with Gasteiger partial charge in [-0.3, -0.25) is 0 Å². The van der Waals surface area contributed by atoms with Crippen molar-refractivity contribution >= 4 is 62.9 Å². The summed E-state index contributed by atoms with van der Waals surface area (Å²) in [6, 6.07) is 170. The number of halogens is 1. The van der Waals surface area contributed by atoms with Crippen LogP contribution in [0.1, 0.15) is 96.4 Å². The van der Waals surface area contributed by atoms with E-state index in [0.29, 0.717) is 34.9 Å². The van der Waals surface area contributed by atoms with Crippen LogP contribution < -0.4 is 34.5 Å². The van der Waals surface area contributed by atoms with Gasteiger partial charge in [0.25, 0.3) is 0 Å². The van der Waals surface area contributed by atoms with E-state index in [2.05, 4.69) is 405 Å². The van der Waals surface area contributed by atoms with Gasteiger partial charge in [-0.05, 0) is 155 Å². The number of aromatic nitrogens is 6. The maximum Gasteiger partial charge on any atom is 0.528 e. The molecule has 2 N–H and O–H groups in total. The Hall–Kier alpha value is -18.3. The number of ether oxygens (including phenoxy) is 4. The predicted molar refractivity (Wildman–Crippen MR) is 586 cm³/mol. The van der Waals surface area contributed by atoms with Crippen molar-refractivity contribution < 1.29 is 29.0 Å². The Bertz CT molecular complexity index is 8690. The summed E-state index contributed by atoms with van der Waals surface area (Å²) in [5, 5.41) is 18.7. The van der Waals surface area contributed by atoms with Crippen molar-refractivity contribution in [3.8, 4) is 125 Å². The van der Waals surface area contributed by atoms with Gasteiger partial charge in [0.2, 0.25) is 0 Å². The van der Waals surface area contributed by atoms with E-state index in [1.54, 1.807) is 0 Å². The highest BCUT2D eigenvalue weighted by Crippen LogP contribution is 2.72. The Labute approximate surface area is 858 Å². The summed E-state index contributed by atoms with van der Waals surface area (Å²) in [7, 11) is -1.74. The highest BCUT2D eigenvalue weighted by molar-refractivity contribution is 9.10. The van der Waals surface area contributed by atoms with Crippen LogP contribution in [0.2, 0.25) is 0 Å². The van der Waals surface area contributed by atoms with E-state index in [-0.39, 0.29) is 13.2 Å². The van der Waals surface area contributed by atoms with Crippen LogP contribution in [0.15, 0.2) is 490 Å². The second-order valence-electron chi connectivity index (χ2n) is 37.4. The van der Waals surface area contributed by atoms with Gasteiger partial charge in [0.15, 0.2) is 46.3 Å². The zero-order valence-corrected chi connectivity index (χ0v) is 79.8. The fourth-order valence-corrected chi connectivity index (χ4v) is 24.8. The lowest BCUT2D eigenvalue weighted by Crippen LogP contribution is -2.40. The van der Waals surface area contributed by atoms with Crippen molar-refractivity contribution in [2.75, 3.05) is 9.80 Å². The maximum atomic E-state index is 9.37. The van der Waals surface area contributed by atoms with Crippen molar-refractivity contribution in [3.05, 3.63) is 579 Å². The molecule has 22 aromatic rings. The molecule has 14 nitrogen and oxygen atoms in total. The molecular weight excluding hydrogens is 1870 g/mol. The third-order valence-corrected chi connectivity index (χ3v) is 30.7. The smallest absolute Gasteiger partial charge is 0.457 e. The molecule has 2 aromatic heterocycles. The second-order valence-corrected chi connectivity index (χ2v) is 38.3. The zero-order valence-electron chi connectivity index (χ0n) is 78.2. The van der Waals surface area contributed by atoms with Crippen molar-refractivity contribution in [1.29, 1.82) is 0 Å². The summed E-state index contributed by atoms with van der Waals surface area (Å²) in [6.07, 6.45) is 0. The summed E-state index contributed by atoms with van der Waals surface area (Å²) in [5.74, 6) is 9.09. The molecule has 0 fully saturated rings. The molecule has 0 radical (unpaired) electrons. The van der Waals surface area contributed by atoms with Gasteiger partial charge in [0, 0.05) is 66.8 Å². The van der Waals surface area contributed by atoms with Crippen LogP contribution in [-0.2, 0) is 21.7 Å². The van der Waals surface area contributed by atoms with Crippen molar-refractivity contribution in [2.24, 2.45) is 0 Å². The van der Waals surface area contributed by atoms with Crippen LogP contribution >= 0.6 is 15.9 Å². The Morgan fingerprint density at radius 2 is 0.415 bits per heavy atom. The van der Waals surface area contributed by atoms with Gasteiger partial charge in [-0.1, -0.05) is 420 Å². The molecule has 0 bridgehead atoms. The van der Waals surface area contributed by atoms with E-state index in [4.69, 9.17) is 33.9 Å². The predicted octanol–water partition coefficient (Wildman–Crippen LogP) is 30.3. The fourth-order valence-electron chi connectivity index (χ4n) is 24.4. The van der Waals surface area contributed by atoms with E-state index in [1.165, 1.54) is 55.6 Å². The lowest BCUT2D eigenvalue weighted by atomic mass is 9.61. The summed E-state index contributed by atoms with van der Waals surface area (Å²) >= 11 is 3.94. The molecule has 6 aliphatic heterocycles. The third kappa shape index (κ3) is 13.0. The third-order valence-electron chi connectivity index (χ3n) is 30.1. The average Bonchev–Trinajstić information content (AvgIpc) is 1.45. The number of anilines is 6. The van der Waals surface area contributed by atoms with Crippen LogP contribution in [0.5, 0.6) is 46.0 Å². The van der Waals surface area contributed by atoms with Gasteiger partial charge in [0.05, 0.1) is 65.8 Å². The van der Waals surface area contributed by atoms with E-state index < -0.39 is 28.8 Å². The minimum absolute atomic E-state index is 0. The molecule has 20 aromatic carbocycles. The number of hydrogen-bond donors (Lipinski definition) is 2. The Morgan fingerprint density at radius 1 is 0.190 bits per heavy atom. The lowest BCUT2D eigenvalue weighted by molar-refractivity contribution is 0.422. The molecule has 147 heavy (non-hydrogen) atoms. The number of rotatable bonds is 8. The molecule has 0 unspecified atom stereocenters. The van der Waals surface area contributed by atoms with Crippen molar-refractivity contribution in [3.63, 3.8) is 0 Å². The molecule has 0 saturated carbocycles. The van der Waals surface area contributed by atoms with E-state index >= 15 is 0 Å². The van der Waals surface area contributed by atoms with Gasteiger partial charge in [0.1, 0.15) is 34.5 Å². The van der Waals surface area contributed by atoms with E-state index in [0.717, 1.165) is 162 Å². The molecule has 0 amide bonds. The van der Waals surface area contributed by atoms with Crippen LogP contribution in [0.25, 0.3) is 79.2 Å². The molecule has 0 saturated heterocycles. The van der Waals surface area contributed by atoms with Gasteiger partial charge in [-0.15, -0.1) is 0 Å². The molecule has 30 rings (SSSR count). The SMILES string of the molecule is Brc1cccc2c1Oc1c(N3c4ccccc4C4(c5ccccc5Oc5ccccc54)c4ccccc43)cccc1C21c2ccccc2-c2ccccc21.C.OB(O)c1nc(-c2ccccc2)nc(-c2ccccc2)n1.c1ccc(-c2nc(-c3ccccc3)nc(-c3cccc4c3Oc3c(N5c6ccccc6C6(c7ccccc7Oc7ccccc76)c6ccccc65)cccc3C43c4ccccc4-c4ccccc43)n2)cc1. The number of hydrogen-bond acceptors (Lipinski definition) is 14. The quantitative estimate of drug-likeness (QED) is 0.138. The maximum absolute atomic E-state index is 9.37. The summed E-state index contributed by atoms with van der Waals surface area (Å²) in [6.45, 7) is 0. The Balaban J connectivity index is 0.000000124. The van der Waals surface area contributed by atoms with Gasteiger partial charge in [-0.25, -0.2) is 29.9 Å². The molecule has 4 spiro atoms. The Morgan fingerprint density at radius 3 is 0.748 bits per heavy atom. The summed E-state index contributed by atoms with van der Waals surface area (Å²) in [4.78, 5) is 33.2. The van der Waals surface area contributed by atoms with Gasteiger partial charge >= 0.3 is 7.12 Å². The van der Waals surface area contributed by atoms with E-state index in [9.17, 15) is 10.0 Å². The second kappa shape index (κ2) is 34.8. The van der Waals surface area contributed by atoms with Crippen LogP contribution in [0, 0.1) is 0 Å². The molecule has 2 aliphatic carbocycles. The highest BCUT2D eigenvalue weighted by atomic mass is 79.9. The van der Waals surface area contributed by atoms with Crippen LogP contribution in [-0.4, -0.2) is 47.1 Å². The number of para-hydroxylation sites is 12. The van der Waals surface area contributed by atoms with Gasteiger partial charge in [-0.2, -0.15) is 0 Å². The first-order valence-corrected chi connectivity index (χ1v) is 49.7. The normalized spacial score (nSPS) is 14.0. The van der Waals surface area contributed by atoms with Crippen molar-refractivity contribution in [1.82, 2.24) is 29.9 Å².